The average Bonchev–Trinajstić information content (AvgIpc) is 2.68. The average molecular weight is 214 g/mol. The molecular weight excluding hydrogens is 196 g/mol. The molecule has 1 heterocycles. The van der Waals surface area contributed by atoms with Crippen LogP contribution in [0.3, 0.4) is 0 Å². The highest BCUT2D eigenvalue weighted by atomic mass is 16.5. The standard InChI is InChI=1S/C9H18N4O2/c1-4-13(7(2)6-14-3)9-12-11-8(5-10)15-9/h7H,4-6,10H2,1-3H3. The van der Waals surface area contributed by atoms with Gasteiger partial charge in [-0.2, -0.15) is 0 Å². The number of hydrogen-bond donors (Lipinski definition) is 1. The van der Waals surface area contributed by atoms with Gasteiger partial charge in [0.15, 0.2) is 0 Å². The van der Waals surface area contributed by atoms with Crippen molar-refractivity contribution in [2.75, 3.05) is 25.2 Å². The Morgan fingerprint density at radius 1 is 1.53 bits per heavy atom. The Hall–Kier alpha value is -1.14. The van der Waals surface area contributed by atoms with Crippen molar-refractivity contribution in [3.8, 4) is 0 Å². The van der Waals surface area contributed by atoms with Gasteiger partial charge in [0.05, 0.1) is 19.2 Å². The fourth-order valence-electron chi connectivity index (χ4n) is 1.41. The number of likely N-dealkylation sites (N-methyl/N-ethyl adjacent to an activating group) is 1. The summed E-state index contributed by atoms with van der Waals surface area (Å²) in [5.41, 5.74) is 5.40. The molecule has 0 aliphatic carbocycles. The number of anilines is 1. The van der Waals surface area contributed by atoms with Gasteiger partial charge in [-0.15, -0.1) is 5.10 Å². The largest absolute Gasteiger partial charge is 0.407 e. The molecule has 0 saturated heterocycles. The second kappa shape index (κ2) is 5.67. The molecule has 1 unspecified atom stereocenters. The zero-order valence-electron chi connectivity index (χ0n) is 9.43. The number of methoxy groups -OCH3 is 1. The first kappa shape index (κ1) is 11.9. The summed E-state index contributed by atoms with van der Waals surface area (Å²) in [4.78, 5) is 1.98. The van der Waals surface area contributed by atoms with E-state index in [2.05, 4.69) is 10.2 Å². The van der Waals surface area contributed by atoms with Crippen LogP contribution in [-0.4, -0.2) is 36.5 Å². The SMILES string of the molecule is CCN(c1nnc(CN)o1)C(C)COC. The summed E-state index contributed by atoms with van der Waals surface area (Å²) in [6.07, 6.45) is 0. The van der Waals surface area contributed by atoms with Crippen LogP contribution in [0.25, 0.3) is 0 Å². The molecule has 2 N–H and O–H groups in total. The normalized spacial score (nSPS) is 12.8. The molecule has 0 fully saturated rings. The van der Waals surface area contributed by atoms with E-state index in [4.69, 9.17) is 14.9 Å². The first-order valence-electron chi connectivity index (χ1n) is 5.00. The number of aromatic nitrogens is 2. The highest BCUT2D eigenvalue weighted by Gasteiger charge is 2.18. The fourth-order valence-corrected chi connectivity index (χ4v) is 1.41. The van der Waals surface area contributed by atoms with E-state index in [1.807, 2.05) is 18.7 Å². The first-order valence-corrected chi connectivity index (χ1v) is 5.00. The predicted octanol–water partition coefficient (Wildman–Crippen LogP) is 0.389. The van der Waals surface area contributed by atoms with E-state index in [1.165, 1.54) is 0 Å². The minimum absolute atomic E-state index is 0.200. The quantitative estimate of drug-likeness (QED) is 0.738. The van der Waals surface area contributed by atoms with Gasteiger partial charge in [0.1, 0.15) is 0 Å². The Balaban J connectivity index is 2.72. The summed E-state index contributed by atoms with van der Waals surface area (Å²) in [5, 5.41) is 7.76. The summed E-state index contributed by atoms with van der Waals surface area (Å²) >= 11 is 0. The molecule has 0 aliphatic rings. The maximum atomic E-state index is 5.40. The van der Waals surface area contributed by atoms with Crippen molar-refractivity contribution in [3.05, 3.63) is 5.89 Å². The second-order valence-electron chi connectivity index (χ2n) is 3.27. The van der Waals surface area contributed by atoms with E-state index in [1.54, 1.807) is 7.11 Å². The van der Waals surface area contributed by atoms with Gasteiger partial charge < -0.3 is 19.8 Å². The first-order chi connectivity index (χ1) is 7.22. The maximum absolute atomic E-state index is 5.40. The van der Waals surface area contributed by atoms with Crippen molar-refractivity contribution in [3.63, 3.8) is 0 Å². The van der Waals surface area contributed by atoms with E-state index < -0.39 is 0 Å². The lowest BCUT2D eigenvalue weighted by molar-refractivity contribution is 0.180. The number of ether oxygens (including phenoxy) is 1. The van der Waals surface area contributed by atoms with E-state index in [0.717, 1.165) is 6.54 Å². The number of rotatable bonds is 6. The van der Waals surface area contributed by atoms with Crippen LogP contribution in [0.15, 0.2) is 4.42 Å². The smallest absolute Gasteiger partial charge is 0.318 e. The van der Waals surface area contributed by atoms with Crippen molar-refractivity contribution in [2.45, 2.75) is 26.4 Å². The third-order valence-corrected chi connectivity index (χ3v) is 2.16. The van der Waals surface area contributed by atoms with Crippen molar-refractivity contribution in [1.82, 2.24) is 10.2 Å². The van der Waals surface area contributed by atoms with E-state index in [9.17, 15) is 0 Å². The minimum atomic E-state index is 0.200. The van der Waals surface area contributed by atoms with Crippen LogP contribution in [0, 0.1) is 0 Å². The zero-order valence-corrected chi connectivity index (χ0v) is 9.43. The van der Waals surface area contributed by atoms with Crippen molar-refractivity contribution in [1.29, 1.82) is 0 Å². The predicted molar refractivity (Wildman–Crippen MR) is 56.5 cm³/mol. The molecule has 0 aromatic carbocycles. The Kier molecular flexibility index (Phi) is 4.51. The molecule has 0 bridgehead atoms. The molecule has 6 nitrogen and oxygen atoms in total. The third kappa shape index (κ3) is 2.90. The van der Waals surface area contributed by atoms with Gasteiger partial charge in [-0.3, -0.25) is 0 Å². The lowest BCUT2D eigenvalue weighted by atomic mass is 10.3. The Morgan fingerprint density at radius 2 is 2.27 bits per heavy atom. The molecule has 0 spiro atoms. The lowest BCUT2D eigenvalue weighted by Gasteiger charge is -2.24. The molecule has 1 atom stereocenters. The van der Waals surface area contributed by atoms with Gasteiger partial charge in [-0.25, -0.2) is 0 Å². The van der Waals surface area contributed by atoms with E-state index in [0.29, 0.717) is 18.5 Å². The van der Waals surface area contributed by atoms with Gasteiger partial charge in [0.2, 0.25) is 5.89 Å². The highest BCUT2D eigenvalue weighted by molar-refractivity contribution is 5.25. The summed E-state index contributed by atoms with van der Waals surface area (Å²) in [6, 6.07) is 0.702. The Bertz CT molecular complexity index is 289. The van der Waals surface area contributed by atoms with E-state index >= 15 is 0 Å². The monoisotopic (exact) mass is 214 g/mol. The fraction of sp³-hybridized carbons (Fsp3) is 0.778. The topological polar surface area (TPSA) is 77.4 Å². The molecule has 1 rings (SSSR count). The van der Waals surface area contributed by atoms with Crippen LogP contribution in [0.5, 0.6) is 0 Å². The molecule has 0 saturated carbocycles. The molecular formula is C9H18N4O2. The van der Waals surface area contributed by atoms with Crippen molar-refractivity contribution < 1.29 is 9.15 Å². The van der Waals surface area contributed by atoms with Crippen molar-refractivity contribution in [2.24, 2.45) is 5.73 Å². The molecule has 6 heteroatoms. The van der Waals surface area contributed by atoms with Crippen LogP contribution in [0.1, 0.15) is 19.7 Å². The molecule has 0 radical (unpaired) electrons. The Morgan fingerprint density at radius 3 is 2.73 bits per heavy atom. The summed E-state index contributed by atoms with van der Waals surface area (Å²) in [5.74, 6) is 0.452. The maximum Gasteiger partial charge on any atom is 0.318 e. The zero-order chi connectivity index (χ0) is 11.3. The van der Waals surface area contributed by atoms with Crippen LogP contribution in [0.2, 0.25) is 0 Å². The van der Waals surface area contributed by atoms with Crippen LogP contribution >= 0.6 is 0 Å². The molecule has 0 amide bonds. The van der Waals surface area contributed by atoms with Gasteiger partial charge >= 0.3 is 6.01 Å². The number of nitrogens with zero attached hydrogens (tertiary/aromatic N) is 3. The molecule has 1 aromatic rings. The van der Waals surface area contributed by atoms with E-state index in [-0.39, 0.29) is 12.6 Å². The molecule has 1 aromatic heterocycles. The second-order valence-corrected chi connectivity index (χ2v) is 3.27. The summed E-state index contributed by atoms with van der Waals surface area (Å²) in [7, 11) is 1.67. The molecule has 0 aliphatic heterocycles. The summed E-state index contributed by atoms with van der Waals surface area (Å²) < 4.78 is 10.5. The van der Waals surface area contributed by atoms with Gasteiger partial charge in [-0.1, -0.05) is 5.10 Å². The number of nitrogens with two attached hydrogens (primary N) is 1. The van der Waals surface area contributed by atoms with Gasteiger partial charge in [-0.05, 0) is 13.8 Å². The van der Waals surface area contributed by atoms with Crippen LogP contribution < -0.4 is 10.6 Å². The Labute approximate surface area is 89.4 Å². The summed E-state index contributed by atoms with van der Waals surface area (Å²) in [6.45, 7) is 5.74. The molecule has 15 heavy (non-hydrogen) atoms. The van der Waals surface area contributed by atoms with Crippen LogP contribution in [-0.2, 0) is 11.3 Å². The van der Waals surface area contributed by atoms with Crippen LogP contribution in [0.4, 0.5) is 6.01 Å². The van der Waals surface area contributed by atoms with Gasteiger partial charge in [0.25, 0.3) is 0 Å². The number of hydrogen-bond acceptors (Lipinski definition) is 6. The lowest BCUT2D eigenvalue weighted by Crippen LogP contribution is -2.36. The third-order valence-electron chi connectivity index (χ3n) is 2.16. The molecule has 86 valence electrons. The minimum Gasteiger partial charge on any atom is -0.407 e. The van der Waals surface area contributed by atoms with Crippen molar-refractivity contribution >= 4 is 6.01 Å². The highest BCUT2D eigenvalue weighted by Crippen LogP contribution is 2.14. The van der Waals surface area contributed by atoms with Gasteiger partial charge in [0, 0.05) is 13.7 Å².